The monoisotopic (exact) mass is 237 g/mol. The summed E-state index contributed by atoms with van der Waals surface area (Å²) in [5.41, 5.74) is -0.630. The lowest BCUT2D eigenvalue weighted by atomic mass is 10.2. The predicted molar refractivity (Wildman–Crippen MR) is 53.1 cm³/mol. The highest BCUT2D eigenvalue weighted by Crippen LogP contribution is 2.23. The molecule has 4 nitrogen and oxygen atoms in total. The van der Waals surface area contributed by atoms with Crippen molar-refractivity contribution in [1.82, 2.24) is 4.90 Å². The summed E-state index contributed by atoms with van der Waals surface area (Å²) in [5.74, 6) is 0. The number of rotatable bonds is 2. The smallest absolute Gasteiger partial charge is 0.412 e. The van der Waals surface area contributed by atoms with Gasteiger partial charge in [-0.05, 0) is 33.6 Å². The molecule has 1 aliphatic rings. The van der Waals surface area contributed by atoms with Crippen molar-refractivity contribution in [3.8, 4) is 0 Å². The van der Waals surface area contributed by atoms with Crippen LogP contribution >= 0.6 is 0 Å². The predicted octanol–water partition coefficient (Wildman–Crippen LogP) is 2.58. The van der Waals surface area contributed by atoms with Crippen molar-refractivity contribution in [2.75, 3.05) is 6.54 Å². The summed E-state index contributed by atoms with van der Waals surface area (Å²) in [6, 6.07) is 0. The molecule has 1 atom stereocenters. The molecule has 1 fully saturated rings. The molecule has 0 aromatic carbocycles. The van der Waals surface area contributed by atoms with Gasteiger partial charge < -0.3 is 4.74 Å². The van der Waals surface area contributed by atoms with Crippen molar-refractivity contribution in [3.63, 3.8) is 0 Å². The standard InChI is InChI=1S/C10H17F2NO3/c1-10(2,3)16-9(14)13-6-4-5-7(13)15-8(11)12/h7-8H,4-6H2,1-3H3. The maximum atomic E-state index is 12.1. The maximum absolute atomic E-state index is 12.1. The lowest BCUT2D eigenvalue weighted by molar-refractivity contribution is -0.190. The first-order valence-electron chi connectivity index (χ1n) is 5.23. The minimum atomic E-state index is -2.87. The first-order chi connectivity index (χ1) is 7.29. The molecule has 1 heterocycles. The van der Waals surface area contributed by atoms with Crippen LogP contribution in [-0.2, 0) is 9.47 Å². The topological polar surface area (TPSA) is 38.8 Å². The molecular formula is C10H17F2NO3. The molecule has 1 unspecified atom stereocenters. The molecule has 1 amide bonds. The molecule has 1 saturated heterocycles. The van der Waals surface area contributed by atoms with E-state index in [9.17, 15) is 13.6 Å². The zero-order chi connectivity index (χ0) is 12.3. The van der Waals surface area contributed by atoms with Crippen molar-refractivity contribution in [2.45, 2.75) is 52.1 Å². The Morgan fingerprint density at radius 3 is 2.56 bits per heavy atom. The van der Waals surface area contributed by atoms with Crippen LogP contribution in [0.5, 0.6) is 0 Å². The van der Waals surface area contributed by atoms with Crippen molar-refractivity contribution in [1.29, 1.82) is 0 Å². The fourth-order valence-corrected chi connectivity index (χ4v) is 1.53. The lowest BCUT2D eigenvalue weighted by Gasteiger charge is -2.28. The average molecular weight is 237 g/mol. The number of alkyl halides is 2. The van der Waals surface area contributed by atoms with E-state index in [0.717, 1.165) is 0 Å². The number of halogens is 2. The number of ether oxygens (including phenoxy) is 2. The van der Waals surface area contributed by atoms with Gasteiger partial charge in [0, 0.05) is 6.54 Å². The molecule has 0 spiro atoms. The summed E-state index contributed by atoms with van der Waals surface area (Å²) in [5, 5.41) is 0. The number of amides is 1. The molecule has 0 aliphatic carbocycles. The average Bonchev–Trinajstić information content (AvgIpc) is 2.47. The minimum absolute atomic E-state index is 0.395. The van der Waals surface area contributed by atoms with Crippen LogP contribution in [0.2, 0.25) is 0 Å². The van der Waals surface area contributed by atoms with Gasteiger partial charge in [-0.2, -0.15) is 8.78 Å². The van der Waals surface area contributed by atoms with Gasteiger partial charge in [-0.3, -0.25) is 9.64 Å². The quantitative estimate of drug-likeness (QED) is 0.741. The highest BCUT2D eigenvalue weighted by Gasteiger charge is 2.34. The van der Waals surface area contributed by atoms with Crippen LogP contribution in [0.1, 0.15) is 33.6 Å². The molecular weight excluding hydrogens is 220 g/mol. The fraction of sp³-hybridized carbons (Fsp3) is 0.900. The molecule has 0 aromatic heterocycles. The normalized spacial score (nSPS) is 21.6. The van der Waals surface area contributed by atoms with Gasteiger partial charge in [0.25, 0.3) is 0 Å². The Balaban J connectivity index is 2.54. The minimum Gasteiger partial charge on any atom is -0.444 e. The molecule has 0 radical (unpaired) electrons. The van der Waals surface area contributed by atoms with Gasteiger partial charge in [-0.15, -0.1) is 0 Å². The first-order valence-corrected chi connectivity index (χ1v) is 5.23. The van der Waals surface area contributed by atoms with E-state index in [1.807, 2.05) is 0 Å². The molecule has 0 bridgehead atoms. The van der Waals surface area contributed by atoms with Gasteiger partial charge in [-0.1, -0.05) is 0 Å². The second-order valence-corrected chi connectivity index (χ2v) is 4.67. The highest BCUT2D eigenvalue weighted by molar-refractivity contribution is 5.68. The summed E-state index contributed by atoms with van der Waals surface area (Å²) in [6.07, 6.45) is -0.397. The second kappa shape index (κ2) is 4.95. The van der Waals surface area contributed by atoms with Crippen LogP contribution < -0.4 is 0 Å². The van der Waals surface area contributed by atoms with Crippen molar-refractivity contribution in [3.05, 3.63) is 0 Å². The third-order valence-corrected chi connectivity index (χ3v) is 2.09. The van der Waals surface area contributed by atoms with E-state index in [4.69, 9.17) is 4.74 Å². The number of nitrogens with zero attached hydrogens (tertiary/aromatic N) is 1. The van der Waals surface area contributed by atoms with E-state index in [0.29, 0.717) is 19.4 Å². The SMILES string of the molecule is CC(C)(C)OC(=O)N1CCCC1OC(F)F. The van der Waals surface area contributed by atoms with Crippen molar-refractivity contribution < 1.29 is 23.0 Å². The second-order valence-electron chi connectivity index (χ2n) is 4.67. The number of carbonyl (C=O) groups excluding carboxylic acids is 1. The van der Waals surface area contributed by atoms with Crippen LogP contribution in [0.25, 0.3) is 0 Å². The molecule has 16 heavy (non-hydrogen) atoms. The van der Waals surface area contributed by atoms with Crippen LogP contribution in [0.4, 0.5) is 13.6 Å². The Hall–Kier alpha value is -0.910. The zero-order valence-electron chi connectivity index (χ0n) is 9.70. The van der Waals surface area contributed by atoms with Crippen LogP contribution in [0.15, 0.2) is 0 Å². The van der Waals surface area contributed by atoms with E-state index in [-0.39, 0.29) is 0 Å². The number of hydrogen-bond donors (Lipinski definition) is 0. The van der Waals surface area contributed by atoms with Gasteiger partial charge in [0.05, 0.1) is 0 Å². The van der Waals surface area contributed by atoms with E-state index in [1.54, 1.807) is 20.8 Å². The van der Waals surface area contributed by atoms with Crippen LogP contribution in [0, 0.1) is 0 Å². The third-order valence-electron chi connectivity index (χ3n) is 2.09. The van der Waals surface area contributed by atoms with Gasteiger partial charge in [0.15, 0.2) is 0 Å². The third kappa shape index (κ3) is 3.92. The van der Waals surface area contributed by atoms with Gasteiger partial charge >= 0.3 is 12.7 Å². The molecule has 6 heteroatoms. The Morgan fingerprint density at radius 2 is 2.06 bits per heavy atom. The molecule has 94 valence electrons. The summed E-state index contributed by atoms with van der Waals surface area (Å²) in [4.78, 5) is 12.8. The summed E-state index contributed by atoms with van der Waals surface area (Å²) in [7, 11) is 0. The molecule has 0 N–H and O–H groups in total. The zero-order valence-corrected chi connectivity index (χ0v) is 9.70. The van der Waals surface area contributed by atoms with Gasteiger partial charge in [-0.25, -0.2) is 4.79 Å². The van der Waals surface area contributed by atoms with E-state index >= 15 is 0 Å². The largest absolute Gasteiger partial charge is 0.444 e. The number of carbonyl (C=O) groups is 1. The summed E-state index contributed by atoms with van der Waals surface area (Å²) < 4.78 is 33.6. The maximum Gasteiger partial charge on any atom is 0.412 e. The van der Waals surface area contributed by atoms with Crippen LogP contribution in [-0.4, -0.2) is 36.0 Å². The Bertz CT molecular complexity index is 253. The molecule has 1 aliphatic heterocycles. The van der Waals surface area contributed by atoms with Crippen molar-refractivity contribution in [2.24, 2.45) is 0 Å². The molecule has 0 saturated carbocycles. The lowest BCUT2D eigenvalue weighted by Crippen LogP contribution is -2.41. The Morgan fingerprint density at radius 1 is 1.44 bits per heavy atom. The van der Waals surface area contributed by atoms with Gasteiger partial charge in [0.1, 0.15) is 11.8 Å². The number of likely N-dealkylation sites (tertiary alicyclic amines) is 1. The van der Waals surface area contributed by atoms with Crippen LogP contribution in [0.3, 0.4) is 0 Å². The Labute approximate surface area is 93.5 Å². The summed E-state index contributed by atoms with van der Waals surface area (Å²) >= 11 is 0. The summed E-state index contributed by atoms with van der Waals surface area (Å²) in [6.45, 7) is 2.71. The Kier molecular flexibility index (Phi) is 4.07. The van der Waals surface area contributed by atoms with E-state index in [1.165, 1.54) is 4.90 Å². The van der Waals surface area contributed by atoms with Gasteiger partial charge in [0.2, 0.25) is 0 Å². The first kappa shape index (κ1) is 13.2. The number of hydrogen-bond acceptors (Lipinski definition) is 3. The molecule has 0 aromatic rings. The van der Waals surface area contributed by atoms with E-state index < -0.39 is 24.5 Å². The van der Waals surface area contributed by atoms with Crippen molar-refractivity contribution >= 4 is 6.09 Å². The fourth-order valence-electron chi connectivity index (χ4n) is 1.53. The molecule has 1 rings (SSSR count). The highest BCUT2D eigenvalue weighted by atomic mass is 19.3. The van der Waals surface area contributed by atoms with E-state index in [2.05, 4.69) is 4.74 Å².